The van der Waals surface area contributed by atoms with Crippen molar-refractivity contribution in [3.05, 3.63) is 76.7 Å². The van der Waals surface area contributed by atoms with E-state index >= 15 is 0 Å². The molecule has 0 radical (unpaired) electrons. The minimum Gasteiger partial charge on any atom is -0.317 e. The molecule has 8 heteroatoms. The van der Waals surface area contributed by atoms with Crippen LogP contribution in [0, 0.1) is 17.6 Å². The number of halogens is 3. The van der Waals surface area contributed by atoms with Gasteiger partial charge in [0.2, 0.25) is 0 Å². The lowest BCUT2D eigenvalue weighted by molar-refractivity contribution is 0.339. The second-order valence-corrected chi connectivity index (χ2v) is 9.22. The number of rotatable bonds is 7. The summed E-state index contributed by atoms with van der Waals surface area (Å²) < 4.78 is 30.9. The second kappa shape index (κ2) is 10.2. The largest absolute Gasteiger partial charge is 0.317 e. The van der Waals surface area contributed by atoms with Crippen LogP contribution < -0.4 is 5.32 Å². The van der Waals surface area contributed by atoms with Crippen molar-refractivity contribution in [1.82, 2.24) is 24.8 Å². The molecule has 1 fully saturated rings. The van der Waals surface area contributed by atoms with Gasteiger partial charge in [0, 0.05) is 18.0 Å². The number of hydrogen-bond donors (Lipinski definition) is 1. The Balaban J connectivity index is 1.49. The molecule has 1 saturated heterocycles. The van der Waals surface area contributed by atoms with Crippen LogP contribution >= 0.6 is 11.6 Å². The predicted octanol–water partition coefficient (Wildman–Crippen LogP) is 5.60. The minimum atomic E-state index is -0.418. The smallest absolute Gasteiger partial charge is 0.164 e. The normalized spacial score (nSPS) is 14.7. The minimum absolute atomic E-state index is 0.226. The Morgan fingerprint density at radius 2 is 1.82 bits per heavy atom. The van der Waals surface area contributed by atoms with Crippen molar-refractivity contribution >= 4 is 22.8 Å². The van der Waals surface area contributed by atoms with Crippen LogP contribution in [0.5, 0.6) is 0 Å². The third-order valence-electron chi connectivity index (χ3n) is 6.51. The molecule has 1 aliphatic heterocycles. The standard InChI is InChI=1S/C26H26ClF2N5/c27-19-6-7-20(22(29)15-19)25-32-23-16-31-24(8-5-18-3-1-2-4-21(18)28)33-26(23)34(25)14-11-17-9-12-30-13-10-17/h1-4,6-7,15-17,30H,5,8-14H2. The van der Waals surface area contributed by atoms with Gasteiger partial charge in [-0.15, -0.1) is 0 Å². The summed E-state index contributed by atoms with van der Waals surface area (Å²) in [6.45, 7) is 2.73. The van der Waals surface area contributed by atoms with E-state index in [1.54, 1.807) is 30.5 Å². The highest BCUT2D eigenvalue weighted by Gasteiger charge is 2.20. The van der Waals surface area contributed by atoms with E-state index in [1.807, 2.05) is 10.6 Å². The molecule has 1 N–H and O–H groups in total. The molecule has 34 heavy (non-hydrogen) atoms. The molecule has 0 unspecified atom stereocenters. The van der Waals surface area contributed by atoms with Crippen molar-refractivity contribution in [3.8, 4) is 11.4 Å². The fourth-order valence-electron chi connectivity index (χ4n) is 4.59. The van der Waals surface area contributed by atoms with Gasteiger partial charge in [-0.1, -0.05) is 29.8 Å². The number of benzene rings is 2. The number of piperidine rings is 1. The number of aryl methyl sites for hydroxylation is 3. The zero-order valence-electron chi connectivity index (χ0n) is 18.8. The van der Waals surface area contributed by atoms with Gasteiger partial charge in [0.15, 0.2) is 5.65 Å². The van der Waals surface area contributed by atoms with Gasteiger partial charge in [-0.05, 0) is 74.5 Å². The Kier molecular flexibility index (Phi) is 6.83. The Morgan fingerprint density at radius 3 is 2.62 bits per heavy atom. The fourth-order valence-corrected chi connectivity index (χ4v) is 4.75. The summed E-state index contributed by atoms with van der Waals surface area (Å²) in [5, 5.41) is 3.74. The summed E-state index contributed by atoms with van der Waals surface area (Å²) >= 11 is 5.98. The molecule has 4 aromatic rings. The maximum Gasteiger partial charge on any atom is 0.164 e. The van der Waals surface area contributed by atoms with Gasteiger partial charge in [0.1, 0.15) is 28.8 Å². The number of aromatic nitrogens is 4. The number of hydrogen-bond acceptors (Lipinski definition) is 4. The molecule has 2 aromatic heterocycles. The molecule has 2 aromatic carbocycles. The third kappa shape index (κ3) is 4.95. The summed E-state index contributed by atoms with van der Waals surface area (Å²) in [7, 11) is 0. The first-order chi connectivity index (χ1) is 16.6. The van der Waals surface area contributed by atoms with Crippen LogP contribution in [0.2, 0.25) is 5.02 Å². The zero-order valence-corrected chi connectivity index (χ0v) is 19.5. The van der Waals surface area contributed by atoms with E-state index in [-0.39, 0.29) is 5.82 Å². The molecule has 176 valence electrons. The maximum atomic E-state index is 14.8. The SMILES string of the molecule is Fc1ccccc1CCc1ncc2nc(-c3ccc(Cl)cc3F)n(CCC3CCNCC3)c2n1. The lowest BCUT2D eigenvalue weighted by Crippen LogP contribution is -2.28. The second-order valence-electron chi connectivity index (χ2n) is 8.78. The average molecular weight is 482 g/mol. The summed E-state index contributed by atoms with van der Waals surface area (Å²) in [6, 6.07) is 11.4. The van der Waals surface area contributed by atoms with Crippen LogP contribution in [0.1, 0.15) is 30.7 Å². The molecule has 0 amide bonds. The highest BCUT2D eigenvalue weighted by molar-refractivity contribution is 6.30. The Morgan fingerprint density at radius 1 is 1.00 bits per heavy atom. The number of fused-ring (bicyclic) bond motifs is 1. The van der Waals surface area contributed by atoms with E-state index in [0.29, 0.717) is 64.3 Å². The highest BCUT2D eigenvalue weighted by atomic mass is 35.5. The molecular formula is C26H26ClF2N5. The van der Waals surface area contributed by atoms with Crippen molar-refractivity contribution in [2.45, 2.75) is 38.6 Å². The van der Waals surface area contributed by atoms with E-state index in [1.165, 1.54) is 12.1 Å². The van der Waals surface area contributed by atoms with Crippen LogP contribution in [0.3, 0.4) is 0 Å². The van der Waals surface area contributed by atoms with Gasteiger partial charge >= 0.3 is 0 Å². The van der Waals surface area contributed by atoms with Crippen LogP contribution in [-0.4, -0.2) is 32.6 Å². The molecule has 1 aliphatic rings. The first kappa shape index (κ1) is 22.9. The van der Waals surface area contributed by atoms with Crippen LogP contribution in [0.25, 0.3) is 22.6 Å². The van der Waals surface area contributed by atoms with Crippen molar-refractivity contribution < 1.29 is 8.78 Å². The molecule has 5 nitrogen and oxygen atoms in total. The Hall–Kier alpha value is -2.90. The topological polar surface area (TPSA) is 55.6 Å². The maximum absolute atomic E-state index is 14.8. The van der Waals surface area contributed by atoms with Gasteiger partial charge in [-0.25, -0.2) is 23.7 Å². The van der Waals surface area contributed by atoms with Gasteiger partial charge in [0.05, 0.1) is 11.8 Å². The molecule has 0 spiro atoms. The van der Waals surface area contributed by atoms with Crippen molar-refractivity contribution in [2.24, 2.45) is 5.92 Å². The van der Waals surface area contributed by atoms with Crippen LogP contribution in [0.4, 0.5) is 8.78 Å². The summed E-state index contributed by atoms with van der Waals surface area (Å²) in [6.07, 6.45) is 5.89. The molecule has 0 saturated carbocycles. The molecule has 0 atom stereocenters. The predicted molar refractivity (Wildman–Crippen MR) is 130 cm³/mol. The first-order valence-electron chi connectivity index (χ1n) is 11.7. The average Bonchev–Trinajstić information content (AvgIpc) is 3.20. The number of nitrogens with one attached hydrogen (secondary N) is 1. The van der Waals surface area contributed by atoms with E-state index in [0.717, 1.165) is 32.4 Å². The number of imidazole rings is 1. The molecule has 3 heterocycles. The van der Waals surface area contributed by atoms with Crippen LogP contribution in [-0.2, 0) is 19.4 Å². The summed E-state index contributed by atoms with van der Waals surface area (Å²) in [5.41, 5.74) is 2.32. The molecular weight excluding hydrogens is 456 g/mol. The Bertz CT molecular complexity index is 1300. The van der Waals surface area contributed by atoms with Crippen LogP contribution in [0.15, 0.2) is 48.7 Å². The third-order valence-corrected chi connectivity index (χ3v) is 6.74. The summed E-state index contributed by atoms with van der Waals surface area (Å²) in [5.74, 6) is 1.10. The zero-order chi connectivity index (χ0) is 23.5. The van der Waals surface area contributed by atoms with Gasteiger partial charge < -0.3 is 9.88 Å². The van der Waals surface area contributed by atoms with Gasteiger partial charge in [0.25, 0.3) is 0 Å². The molecule has 0 aliphatic carbocycles. The van der Waals surface area contributed by atoms with E-state index in [9.17, 15) is 8.78 Å². The van der Waals surface area contributed by atoms with E-state index in [4.69, 9.17) is 21.6 Å². The van der Waals surface area contributed by atoms with Gasteiger partial charge in [-0.3, -0.25) is 0 Å². The molecule has 0 bridgehead atoms. The molecule has 5 rings (SSSR count). The summed E-state index contributed by atoms with van der Waals surface area (Å²) in [4.78, 5) is 13.9. The lowest BCUT2D eigenvalue weighted by atomic mass is 9.95. The quantitative estimate of drug-likeness (QED) is 0.373. The van der Waals surface area contributed by atoms with Crippen molar-refractivity contribution in [3.63, 3.8) is 0 Å². The lowest BCUT2D eigenvalue weighted by Gasteiger charge is -2.23. The van der Waals surface area contributed by atoms with Gasteiger partial charge in [-0.2, -0.15) is 0 Å². The van der Waals surface area contributed by atoms with E-state index in [2.05, 4.69) is 10.3 Å². The Labute approximate surface area is 202 Å². The van der Waals surface area contributed by atoms with Crippen molar-refractivity contribution in [1.29, 1.82) is 0 Å². The van der Waals surface area contributed by atoms with E-state index < -0.39 is 5.82 Å². The fraction of sp³-hybridized carbons (Fsp3) is 0.346. The first-order valence-corrected chi connectivity index (χ1v) is 12.1. The van der Waals surface area contributed by atoms with Crippen molar-refractivity contribution in [2.75, 3.05) is 13.1 Å². The highest BCUT2D eigenvalue weighted by Crippen LogP contribution is 2.29. The number of nitrogens with zero attached hydrogens (tertiary/aromatic N) is 4. The monoisotopic (exact) mass is 481 g/mol.